The molecule has 3 N–H and O–H groups in total. The van der Waals surface area contributed by atoms with Gasteiger partial charge in [-0.25, -0.2) is 9.13 Å². The van der Waals surface area contributed by atoms with Gasteiger partial charge in [0.2, 0.25) is 0 Å². The fourth-order valence-corrected chi connectivity index (χ4v) is 13.2. The van der Waals surface area contributed by atoms with Crippen LogP contribution in [0.4, 0.5) is 0 Å². The number of aliphatic hydroxyl groups is 1. The first-order valence-electron chi connectivity index (χ1n) is 39.3. The molecule has 0 amide bonds. The van der Waals surface area contributed by atoms with Crippen molar-refractivity contribution in [2.45, 2.75) is 407 Å². The number of hydrogen-bond donors (Lipinski definition) is 3. The summed E-state index contributed by atoms with van der Waals surface area (Å²) in [6.07, 6.45) is 52.8. The lowest BCUT2D eigenvalue weighted by Gasteiger charge is -2.21. The van der Waals surface area contributed by atoms with Crippen LogP contribution in [-0.2, 0) is 65.4 Å². The normalized spacial score (nSPS) is 14.1. The highest BCUT2D eigenvalue weighted by Crippen LogP contribution is 2.45. The summed E-state index contributed by atoms with van der Waals surface area (Å²) < 4.78 is 68.5. The second kappa shape index (κ2) is 66.6. The number of ether oxygens (including phenoxy) is 4. The second-order valence-corrected chi connectivity index (χ2v) is 31.7. The Kier molecular flexibility index (Phi) is 65.2. The number of hydrogen-bond acceptors (Lipinski definition) is 15. The van der Waals surface area contributed by atoms with E-state index in [0.717, 1.165) is 108 Å². The zero-order valence-electron chi connectivity index (χ0n) is 62.1. The Morgan fingerprint density at radius 2 is 0.484 bits per heavy atom. The largest absolute Gasteiger partial charge is 0.472 e. The molecule has 0 aliphatic rings. The molecule has 0 spiro atoms. The van der Waals surface area contributed by atoms with Crippen molar-refractivity contribution in [1.29, 1.82) is 0 Å². The van der Waals surface area contributed by atoms with Gasteiger partial charge in [0.1, 0.15) is 19.3 Å². The van der Waals surface area contributed by atoms with Gasteiger partial charge < -0.3 is 33.8 Å². The molecule has 0 fully saturated rings. The number of unbranched alkanes of at least 4 members (excludes halogenated alkanes) is 42. The minimum absolute atomic E-state index is 0.105. The standard InChI is InChI=1S/C76H148O17P2/c1-8-9-10-11-12-13-14-15-16-17-18-19-20-23-29-38-45-52-59-75(80)92-71(63-86-73(78)57-50-43-36-28-24-21-22-26-33-40-47-54-67(2)3)65-90-94(82,83)88-61-70(77)62-89-95(84,85)91-66-72(64-87-74(79)58-51-44-37-32-31-35-42-49-56-69(6)7)93-76(81)60-53-46-39-30-25-27-34-41-48-55-68(4)5/h67-72,77H,8-66H2,1-7H3,(H,82,83)(H,84,85)/t70-,71-,72-/m1/s1. The maximum atomic E-state index is 13.1. The molecule has 0 heterocycles. The van der Waals surface area contributed by atoms with Gasteiger partial charge in [0, 0.05) is 25.7 Å². The van der Waals surface area contributed by atoms with Crippen LogP contribution >= 0.6 is 15.6 Å². The fourth-order valence-electron chi connectivity index (χ4n) is 11.6. The Balaban J connectivity index is 5.25. The van der Waals surface area contributed by atoms with E-state index in [4.69, 9.17) is 37.0 Å². The van der Waals surface area contributed by atoms with Gasteiger partial charge in [-0.05, 0) is 43.4 Å². The molecule has 2 unspecified atom stereocenters. The van der Waals surface area contributed by atoms with E-state index in [2.05, 4.69) is 48.5 Å². The first-order chi connectivity index (χ1) is 45.7. The van der Waals surface area contributed by atoms with Crippen LogP contribution in [0.25, 0.3) is 0 Å². The smallest absolute Gasteiger partial charge is 0.462 e. The summed E-state index contributed by atoms with van der Waals surface area (Å²) in [6.45, 7) is 11.8. The van der Waals surface area contributed by atoms with Crippen molar-refractivity contribution in [3.63, 3.8) is 0 Å². The second-order valence-electron chi connectivity index (χ2n) is 28.8. The van der Waals surface area contributed by atoms with Gasteiger partial charge in [-0.2, -0.15) is 0 Å². The Morgan fingerprint density at radius 3 is 0.716 bits per heavy atom. The van der Waals surface area contributed by atoms with Crippen molar-refractivity contribution in [1.82, 2.24) is 0 Å². The summed E-state index contributed by atoms with van der Waals surface area (Å²) >= 11 is 0. The van der Waals surface area contributed by atoms with E-state index in [1.807, 2.05) is 0 Å². The van der Waals surface area contributed by atoms with Crippen LogP contribution < -0.4 is 0 Å². The maximum absolute atomic E-state index is 13.1. The Labute approximate surface area is 581 Å². The first kappa shape index (κ1) is 93.1. The van der Waals surface area contributed by atoms with Gasteiger partial charge in [0.15, 0.2) is 12.2 Å². The molecule has 95 heavy (non-hydrogen) atoms. The van der Waals surface area contributed by atoms with Crippen molar-refractivity contribution in [3.05, 3.63) is 0 Å². The van der Waals surface area contributed by atoms with Gasteiger partial charge >= 0.3 is 39.5 Å². The van der Waals surface area contributed by atoms with E-state index in [-0.39, 0.29) is 25.7 Å². The van der Waals surface area contributed by atoms with Gasteiger partial charge in [-0.15, -0.1) is 0 Å². The molecule has 0 bridgehead atoms. The SMILES string of the molecule is CCCCCCCCCCCCCCCCCCCCC(=O)O[C@H](COC(=O)CCCCCCCCCCCCCC(C)C)COP(=O)(O)OC[C@@H](O)COP(=O)(O)OC[C@@H](COC(=O)CCCCCCCCCCC(C)C)OC(=O)CCCCCCCCCCCC(C)C. The molecule has 0 saturated carbocycles. The maximum Gasteiger partial charge on any atom is 0.472 e. The summed E-state index contributed by atoms with van der Waals surface area (Å²) in [5.41, 5.74) is 0. The number of carbonyl (C=O) groups is 4. The molecule has 0 aliphatic carbocycles. The molecule has 564 valence electrons. The molecule has 0 aromatic rings. The monoisotopic (exact) mass is 1400 g/mol. The van der Waals surface area contributed by atoms with Gasteiger partial charge in [0.05, 0.1) is 26.4 Å². The third-order valence-electron chi connectivity index (χ3n) is 17.6. The Bertz CT molecular complexity index is 1850. The topological polar surface area (TPSA) is 237 Å². The lowest BCUT2D eigenvalue weighted by Crippen LogP contribution is -2.30. The summed E-state index contributed by atoms with van der Waals surface area (Å²) in [4.78, 5) is 72.8. The van der Waals surface area contributed by atoms with Crippen LogP contribution in [0.3, 0.4) is 0 Å². The fraction of sp³-hybridized carbons (Fsp3) is 0.947. The molecule has 19 heteroatoms. The summed E-state index contributed by atoms with van der Waals surface area (Å²) in [5, 5.41) is 10.6. The van der Waals surface area contributed by atoms with Crippen molar-refractivity contribution in [2.75, 3.05) is 39.6 Å². The van der Waals surface area contributed by atoms with E-state index in [1.165, 1.54) is 199 Å². The number of carbonyl (C=O) groups excluding carboxylic acids is 4. The lowest BCUT2D eigenvalue weighted by atomic mass is 10.0. The van der Waals surface area contributed by atoms with Crippen LogP contribution in [-0.4, -0.2) is 96.7 Å². The molecule has 5 atom stereocenters. The molecule has 0 aliphatic heterocycles. The number of phosphoric acid groups is 2. The number of phosphoric ester groups is 2. The molecule has 0 saturated heterocycles. The summed E-state index contributed by atoms with van der Waals surface area (Å²) in [6, 6.07) is 0. The van der Waals surface area contributed by atoms with Crippen molar-refractivity contribution in [2.24, 2.45) is 17.8 Å². The molecular formula is C76H148O17P2. The molecule has 0 radical (unpaired) electrons. The zero-order valence-corrected chi connectivity index (χ0v) is 63.9. The zero-order chi connectivity index (χ0) is 70.1. The van der Waals surface area contributed by atoms with Crippen LogP contribution in [0.1, 0.15) is 389 Å². The van der Waals surface area contributed by atoms with Crippen LogP contribution in [0.5, 0.6) is 0 Å². The van der Waals surface area contributed by atoms with Crippen LogP contribution in [0.15, 0.2) is 0 Å². The summed E-state index contributed by atoms with van der Waals surface area (Å²) in [5.74, 6) is 0.115. The van der Waals surface area contributed by atoms with E-state index in [1.54, 1.807) is 0 Å². The van der Waals surface area contributed by atoms with Crippen molar-refractivity contribution >= 4 is 39.5 Å². The first-order valence-corrected chi connectivity index (χ1v) is 42.3. The third-order valence-corrected chi connectivity index (χ3v) is 19.5. The van der Waals surface area contributed by atoms with E-state index in [0.29, 0.717) is 25.7 Å². The number of aliphatic hydroxyl groups excluding tert-OH is 1. The van der Waals surface area contributed by atoms with Crippen molar-refractivity contribution < 1.29 is 80.2 Å². The average molecular weight is 1400 g/mol. The lowest BCUT2D eigenvalue weighted by molar-refractivity contribution is -0.161. The highest BCUT2D eigenvalue weighted by molar-refractivity contribution is 7.47. The Morgan fingerprint density at radius 1 is 0.284 bits per heavy atom. The number of esters is 4. The average Bonchev–Trinajstić information content (AvgIpc) is 1.81. The molecular weight excluding hydrogens is 1250 g/mol. The molecule has 0 rings (SSSR count). The highest BCUT2D eigenvalue weighted by Gasteiger charge is 2.30. The predicted octanol–water partition coefficient (Wildman–Crippen LogP) is 22.2. The minimum Gasteiger partial charge on any atom is -0.462 e. The van der Waals surface area contributed by atoms with Gasteiger partial charge in [-0.1, -0.05) is 337 Å². The number of rotatable bonds is 74. The highest BCUT2D eigenvalue weighted by atomic mass is 31.2. The van der Waals surface area contributed by atoms with E-state index >= 15 is 0 Å². The molecule has 17 nitrogen and oxygen atoms in total. The quantitative estimate of drug-likeness (QED) is 0.0222. The van der Waals surface area contributed by atoms with Crippen LogP contribution in [0.2, 0.25) is 0 Å². The van der Waals surface area contributed by atoms with Gasteiger partial charge in [-0.3, -0.25) is 37.3 Å². The van der Waals surface area contributed by atoms with E-state index in [9.17, 15) is 43.2 Å². The minimum atomic E-state index is -4.96. The third kappa shape index (κ3) is 70.3. The summed E-state index contributed by atoms with van der Waals surface area (Å²) in [7, 11) is -9.91. The van der Waals surface area contributed by atoms with Crippen molar-refractivity contribution in [3.8, 4) is 0 Å². The van der Waals surface area contributed by atoms with E-state index < -0.39 is 97.5 Å². The molecule has 0 aromatic heterocycles. The Hall–Kier alpha value is -1.94. The molecule has 0 aromatic carbocycles. The predicted molar refractivity (Wildman–Crippen MR) is 386 cm³/mol. The van der Waals surface area contributed by atoms with Gasteiger partial charge in [0.25, 0.3) is 0 Å². The van der Waals surface area contributed by atoms with Crippen LogP contribution in [0, 0.1) is 17.8 Å².